The van der Waals surface area contributed by atoms with Crippen LogP contribution in [0.25, 0.3) is 22.5 Å². The number of nitrogens with two attached hydrogens (primary N) is 1. The van der Waals surface area contributed by atoms with Gasteiger partial charge >= 0.3 is 0 Å². The summed E-state index contributed by atoms with van der Waals surface area (Å²) in [6.07, 6.45) is 5.18. The second kappa shape index (κ2) is 4.53. The fraction of sp³-hybridized carbons (Fsp3) is 0.0714. The van der Waals surface area contributed by atoms with Crippen molar-refractivity contribution in [3.8, 4) is 22.5 Å². The number of aromatic nitrogens is 3. The summed E-state index contributed by atoms with van der Waals surface area (Å²) >= 11 is 0. The van der Waals surface area contributed by atoms with Crippen molar-refractivity contribution in [3.05, 3.63) is 48.5 Å². The van der Waals surface area contributed by atoms with Gasteiger partial charge in [-0.25, -0.2) is 0 Å². The summed E-state index contributed by atoms with van der Waals surface area (Å²) < 4.78 is 5.37. The predicted octanol–water partition coefficient (Wildman–Crippen LogP) is 2.69. The van der Waals surface area contributed by atoms with Gasteiger partial charge in [0.05, 0.1) is 5.56 Å². The summed E-state index contributed by atoms with van der Waals surface area (Å²) in [6.45, 7) is 1.92. The highest BCUT2D eigenvalue weighted by Gasteiger charge is 2.19. The van der Waals surface area contributed by atoms with Gasteiger partial charge < -0.3 is 10.3 Å². The molecule has 19 heavy (non-hydrogen) atoms. The fourth-order valence-electron chi connectivity index (χ4n) is 2.00. The standard InChI is InChI=1S/C14H12N4O/c1-9-11(5-3-7-17-9)13-12(14(15)18-19-13)10-4-2-6-16-8-10/h2-8H,1H3,(H2,15,18). The van der Waals surface area contributed by atoms with Gasteiger partial charge in [0, 0.05) is 35.4 Å². The maximum Gasteiger partial charge on any atom is 0.178 e. The van der Waals surface area contributed by atoms with Gasteiger partial charge in [0.1, 0.15) is 0 Å². The minimum Gasteiger partial charge on any atom is -0.380 e. The SMILES string of the molecule is Cc1ncccc1-c1onc(N)c1-c1cccnc1. The topological polar surface area (TPSA) is 77.8 Å². The van der Waals surface area contributed by atoms with E-state index in [2.05, 4.69) is 15.1 Å². The number of hydrogen-bond donors (Lipinski definition) is 1. The Bertz CT molecular complexity index is 706. The molecule has 0 aromatic carbocycles. The van der Waals surface area contributed by atoms with E-state index >= 15 is 0 Å². The van der Waals surface area contributed by atoms with Gasteiger partial charge in [-0.15, -0.1) is 0 Å². The lowest BCUT2D eigenvalue weighted by atomic mass is 10.0. The molecule has 0 unspecified atom stereocenters. The Morgan fingerprint density at radius 3 is 2.74 bits per heavy atom. The van der Waals surface area contributed by atoms with Crippen LogP contribution in [0.4, 0.5) is 5.82 Å². The van der Waals surface area contributed by atoms with Crippen LogP contribution < -0.4 is 5.73 Å². The average molecular weight is 252 g/mol. The van der Waals surface area contributed by atoms with Crippen molar-refractivity contribution in [2.24, 2.45) is 0 Å². The third-order valence-electron chi connectivity index (χ3n) is 2.92. The molecule has 3 aromatic heterocycles. The molecule has 0 saturated carbocycles. The zero-order chi connectivity index (χ0) is 13.2. The van der Waals surface area contributed by atoms with Crippen LogP contribution in [-0.2, 0) is 0 Å². The monoisotopic (exact) mass is 252 g/mol. The van der Waals surface area contributed by atoms with Crippen LogP contribution >= 0.6 is 0 Å². The lowest BCUT2D eigenvalue weighted by molar-refractivity contribution is 0.435. The Hall–Kier alpha value is -2.69. The van der Waals surface area contributed by atoms with Gasteiger partial charge in [-0.2, -0.15) is 0 Å². The molecule has 0 radical (unpaired) electrons. The van der Waals surface area contributed by atoms with Crippen LogP contribution in [0.1, 0.15) is 5.69 Å². The quantitative estimate of drug-likeness (QED) is 0.758. The summed E-state index contributed by atoms with van der Waals surface area (Å²) in [7, 11) is 0. The van der Waals surface area contributed by atoms with E-state index in [1.807, 2.05) is 31.2 Å². The van der Waals surface area contributed by atoms with E-state index < -0.39 is 0 Å². The largest absolute Gasteiger partial charge is 0.380 e. The van der Waals surface area contributed by atoms with Crippen LogP contribution in [-0.4, -0.2) is 15.1 Å². The Morgan fingerprint density at radius 1 is 1.16 bits per heavy atom. The van der Waals surface area contributed by atoms with Gasteiger partial charge in [-0.05, 0) is 25.1 Å². The Morgan fingerprint density at radius 2 is 2.00 bits per heavy atom. The molecule has 0 amide bonds. The first kappa shape index (κ1) is 11.4. The summed E-state index contributed by atoms with van der Waals surface area (Å²) in [5, 5.41) is 3.86. The maximum absolute atomic E-state index is 5.91. The van der Waals surface area contributed by atoms with Gasteiger partial charge in [0.25, 0.3) is 0 Å². The van der Waals surface area contributed by atoms with Gasteiger partial charge in [-0.1, -0.05) is 11.2 Å². The molecular formula is C14H12N4O. The highest BCUT2D eigenvalue weighted by atomic mass is 16.5. The number of pyridine rings is 2. The van der Waals surface area contributed by atoms with E-state index in [1.165, 1.54) is 0 Å². The minimum atomic E-state index is 0.353. The lowest BCUT2D eigenvalue weighted by Gasteiger charge is -2.04. The van der Waals surface area contributed by atoms with Crippen molar-refractivity contribution in [1.82, 2.24) is 15.1 Å². The minimum absolute atomic E-state index is 0.353. The zero-order valence-electron chi connectivity index (χ0n) is 10.4. The second-order valence-corrected chi connectivity index (χ2v) is 4.15. The Labute approximate surface area is 110 Å². The average Bonchev–Trinajstić information content (AvgIpc) is 2.82. The summed E-state index contributed by atoms with van der Waals surface area (Å²) in [5.41, 5.74) is 9.28. The summed E-state index contributed by atoms with van der Waals surface area (Å²) in [4.78, 5) is 8.35. The highest BCUT2D eigenvalue weighted by molar-refractivity contribution is 5.86. The zero-order valence-corrected chi connectivity index (χ0v) is 10.4. The van der Waals surface area contributed by atoms with E-state index in [1.54, 1.807) is 18.6 Å². The van der Waals surface area contributed by atoms with Crippen molar-refractivity contribution in [2.75, 3.05) is 5.73 Å². The number of rotatable bonds is 2. The van der Waals surface area contributed by atoms with Crippen LogP contribution in [0.5, 0.6) is 0 Å². The summed E-state index contributed by atoms with van der Waals surface area (Å²) in [5.74, 6) is 0.974. The van der Waals surface area contributed by atoms with Crippen molar-refractivity contribution < 1.29 is 4.52 Å². The van der Waals surface area contributed by atoms with E-state index in [9.17, 15) is 0 Å². The molecule has 0 saturated heterocycles. The van der Waals surface area contributed by atoms with E-state index in [4.69, 9.17) is 10.3 Å². The summed E-state index contributed by atoms with van der Waals surface area (Å²) in [6, 6.07) is 7.56. The molecule has 5 nitrogen and oxygen atoms in total. The lowest BCUT2D eigenvalue weighted by Crippen LogP contribution is -1.91. The van der Waals surface area contributed by atoms with Crippen LogP contribution in [0, 0.1) is 6.92 Å². The van der Waals surface area contributed by atoms with E-state index in [0.29, 0.717) is 11.6 Å². The molecule has 0 aliphatic rings. The normalized spacial score (nSPS) is 10.6. The molecule has 3 aromatic rings. The molecule has 0 bridgehead atoms. The van der Waals surface area contributed by atoms with Crippen molar-refractivity contribution >= 4 is 5.82 Å². The number of aryl methyl sites for hydroxylation is 1. The highest BCUT2D eigenvalue weighted by Crippen LogP contribution is 2.36. The second-order valence-electron chi connectivity index (χ2n) is 4.15. The Balaban J connectivity index is 2.23. The molecule has 0 atom stereocenters. The number of nitrogens with zero attached hydrogens (tertiary/aromatic N) is 3. The first-order valence-electron chi connectivity index (χ1n) is 5.85. The third kappa shape index (κ3) is 1.95. The molecule has 3 rings (SSSR count). The molecule has 0 spiro atoms. The molecule has 2 N–H and O–H groups in total. The van der Waals surface area contributed by atoms with Crippen LogP contribution in [0.2, 0.25) is 0 Å². The number of nitrogen functional groups attached to an aromatic ring is 1. The number of anilines is 1. The first-order valence-corrected chi connectivity index (χ1v) is 5.85. The molecule has 3 heterocycles. The molecule has 0 aliphatic carbocycles. The smallest absolute Gasteiger partial charge is 0.178 e. The molecule has 0 fully saturated rings. The predicted molar refractivity (Wildman–Crippen MR) is 72.1 cm³/mol. The van der Waals surface area contributed by atoms with Crippen LogP contribution in [0.3, 0.4) is 0 Å². The Kier molecular flexibility index (Phi) is 2.72. The third-order valence-corrected chi connectivity index (χ3v) is 2.92. The maximum atomic E-state index is 5.91. The van der Waals surface area contributed by atoms with Gasteiger partial charge in [-0.3, -0.25) is 9.97 Å². The fourth-order valence-corrected chi connectivity index (χ4v) is 2.00. The van der Waals surface area contributed by atoms with Crippen molar-refractivity contribution in [1.29, 1.82) is 0 Å². The molecular weight excluding hydrogens is 240 g/mol. The van der Waals surface area contributed by atoms with E-state index in [-0.39, 0.29) is 0 Å². The molecule has 0 aliphatic heterocycles. The van der Waals surface area contributed by atoms with Crippen molar-refractivity contribution in [3.63, 3.8) is 0 Å². The van der Waals surface area contributed by atoms with Crippen molar-refractivity contribution in [2.45, 2.75) is 6.92 Å². The van der Waals surface area contributed by atoms with Crippen LogP contribution in [0.15, 0.2) is 47.4 Å². The van der Waals surface area contributed by atoms with E-state index in [0.717, 1.165) is 22.4 Å². The first-order chi connectivity index (χ1) is 9.27. The number of hydrogen-bond acceptors (Lipinski definition) is 5. The molecule has 94 valence electrons. The van der Waals surface area contributed by atoms with Gasteiger partial charge in [0.2, 0.25) is 0 Å². The molecule has 5 heteroatoms. The van der Waals surface area contributed by atoms with Gasteiger partial charge in [0.15, 0.2) is 11.6 Å².